The van der Waals surface area contributed by atoms with E-state index in [-0.39, 0.29) is 82.0 Å². The number of rotatable bonds is 26. The monoisotopic (exact) mass is 1970 g/mol. The Hall–Kier alpha value is -16.2. The van der Waals surface area contributed by atoms with Gasteiger partial charge >= 0.3 is 23.9 Å². The molecule has 9 aliphatic carbocycles. The molecule has 39 nitrogen and oxygen atoms in total. The van der Waals surface area contributed by atoms with E-state index in [0.29, 0.717) is 184 Å². The minimum atomic E-state index is -2.77. The highest BCUT2D eigenvalue weighted by atomic mass is 19.3. The molecule has 15 heterocycles. The second-order valence-electron chi connectivity index (χ2n) is 39.1. The van der Waals surface area contributed by atoms with Crippen LogP contribution in [0.15, 0.2) is 61.2 Å². The number of aromatic amines is 1. The summed E-state index contributed by atoms with van der Waals surface area (Å²) >= 11 is 0. The maximum Gasteiger partial charge on any atom is 0.382 e. The molecule has 0 bridgehead atoms. The molecule has 10 atom stereocenters. The molecule has 0 aromatic carbocycles. The van der Waals surface area contributed by atoms with Crippen LogP contribution in [0.2, 0.25) is 0 Å². The number of anilines is 2. The van der Waals surface area contributed by atoms with E-state index in [1.165, 1.54) is 44.9 Å². The molecule has 0 saturated heterocycles. The van der Waals surface area contributed by atoms with Gasteiger partial charge in [0.25, 0.3) is 77.2 Å². The summed E-state index contributed by atoms with van der Waals surface area (Å²) in [6, 6.07) is 9.30. The zero-order valence-corrected chi connectivity index (χ0v) is 79.0. The summed E-state index contributed by atoms with van der Waals surface area (Å²) in [6.45, 7) is 10.1. The van der Waals surface area contributed by atoms with Gasteiger partial charge in [-0.2, -0.15) is 15.4 Å². The zero-order valence-electron chi connectivity index (χ0n) is 79.0. The van der Waals surface area contributed by atoms with Gasteiger partial charge in [-0.25, -0.2) is 41.7 Å². The average molecular weight is 1970 g/mol. The van der Waals surface area contributed by atoms with Gasteiger partial charge in [-0.05, 0) is 261 Å². The SMILES string of the molecule is C#CC1(NC(=O)C(=O)c2c(C)c(C(=O)Nc3ccnc(C(F)F)c3)n3c2C[C@H]2C[C@H]23)CC1.C#CC1(NC(=O)C(=O)c2c(C)c(C(=O)OC)n3c2C[C@H]2C[C@H]23)CC1.C#CC1(NC(=O)C(=O)c2c(C)c(C(=O)On3nnc4cccnc43)n3c2C[C@H]2C[C@H]23)CC1.CCOC(=O)C(=O)c1c(C)c(C(=O)OC)n2c1C[C@H]1C[C@H]12.Cc1c(C(=O)C(=O)NC2(c3cn[nH]n3)CC2)c2n(c1C(=O)Nc1ccnc(C(F)F)c1)[C@@H]1C[C@@H]1C2. The normalized spacial score (nSPS) is 21.7. The Morgan fingerprint density at radius 2 is 0.806 bits per heavy atom. The lowest BCUT2D eigenvalue weighted by molar-refractivity contribution is -0.137. The lowest BCUT2D eigenvalue weighted by atomic mass is 10.0. The fraction of sp³-hybridized carbons (Fsp3) is 0.426. The number of nitrogens with one attached hydrogen (secondary N) is 7. The number of ketones is 5. The summed E-state index contributed by atoms with van der Waals surface area (Å²) in [7, 11) is 2.63. The Labute approximate surface area is 816 Å². The molecule has 43 heteroatoms. The highest BCUT2D eigenvalue weighted by molar-refractivity contribution is 6.46. The van der Waals surface area contributed by atoms with Gasteiger partial charge in [0.2, 0.25) is 5.65 Å². The van der Waals surface area contributed by atoms with E-state index < -0.39 is 135 Å². The number of alkyl halides is 4. The molecule has 24 rings (SSSR count). The highest BCUT2D eigenvalue weighted by Crippen LogP contribution is 2.60. The van der Waals surface area contributed by atoms with Crippen LogP contribution in [0, 0.1) is 101 Å². The largest absolute Gasteiger partial charge is 0.464 e. The van der Waals surface area contributed by atoms with E-state index in [4.69, 9.17) is 38.3 Å². The Bertz CT molecular complexity index is 7470. The van der Waals surface area contributed by atoms with Crippen molar-refractivity contribution in [2.24, 2.45) is 29.6 Å². The number of nitrogens with zero attached hydrogens (tertiary/aromatic N) is 13. The molecule has 9 fully saturated rings. The molecule has 740 valence electrons. The average Bonchev–Trinajstić information content (AvgIpc) is 1.55. The number of terminal acetylenes is 3. The molecule has 6 amide bonds. The second kappa shape index (κ2) is 35.5. The van der Waals surface area contributed by atoms with Crippen LogP contribution in [0.1, 0.15) is 311 Å². The van der Waals surface area contributed by atoms with E-state index in [9.17, 15) is 89.5 Å². The summed E-state index contributed by atoms with van der Waals surface area (Å²) in [5.41, 5.74) is 6.76. The number of halogens is 4. The fourth-order valence-electron chi connectivity index (χ4n) is 21.5. The Balaban J connectivity index is 0.000000111. The molecule has 10 aromatic heterocycles. The molecule has 144 heavy (non-hydrogen) atoms. The van der Waals surface area contributed by atoms with E-state index in [1.807, 2.05) is 22.8 Å². The third-order valence-electron chi connectivity index (χ3n) is 29.9. The predicted octanol–water partition coefficient (Wildman–Crippen LogP) is 8.97. The highest BCUT2D eigenvalue weighted by Gasteiger charge is 2.58. The summed E-state index contributed by atoms with van der Waals surface area (Å²) in [4.78, 5) is 209. The number of methoxy groups -OCH3 is 2. The minimum absolute atomic E-state index is 0.0908. The van der Waals surface area contributed by atoms with Crippen LogP contribution in [-0.2, 0) is 75.8 Å². The van der Waals surface area contributed by atoms with Crippen molar-refractivity contribution < 1.29 is 109 Å². The molecule has 10 aromatic rings. The van der Waals surface area contributed by atoms with Crippen molar-refractivity contribution in [1.82, 2.24) is 89.6 Å². The molecule has 14 aliphatic rings. The molecular formula is C101H94F4N20O19. The summed E-state index contributed by atoms with van der Waals surface area (Å²) in [5.74, 6) is -0.347. The molecule has 9 saturated carbocycles. The van der Waals surface area contributed by atoms with E-state index in [1.54, 1.807) is 59.9 Å². The summed E-state index contributed by atoms with van der Waals surface area (Å²) in [5, 5.41) is 34.2. The Morgan fingerprint density at radius 1 is 0.458 bits per heavy atom. The molecule has 7 N–H and O–H groups in total. The first kappa shape index (κ1) is 95.4. The molecule has 0 radical (unpaired) electrons. The van der Waals surface area contributed by atoms with Crippen LogP contribution < -0.4 is 36.7 Å². The standard InChI is InChI=1S/C23H21F2N7O3.C23H20F2N4O3.C22H18N6O4.C18H18N2O4.C15H17NO5/c1-10-17(19(33)22(35)29-23(3-4-23)16-9-27-31-30-16)15-7-11-6-14(11)32(15)18(10)21(34)28-12-2-5-26-13(8-12)20(24)25;1-3-23(5-6-23)28-22(32)19(30)17-11(2)18(29-15-8-12(15)9-16(17)29)21(31)27-13-4-7-26-14(10-13)20(24)25;1-3-22(6-7-22)24-20(30)18(29)16-11(2)17(27-14-9-12(14)10-15(16)27)21(31)32-28-19-13(25-26-28)5-4-8-23-19;1-4-18(5-6-18)19-16(22)15(21)13-9(2)14(17(23)24-3)20-11-7-10(11)8-12(13)20;1-4-21-15(19)13(17)11-7(2)12(14(18)20-3)16-9-5-8(9)6-10(11)16/h2,5,8-9,11,14,20H,3-4,6-7H2,1H3,(H,29,35)(H,26,28,34)(H,27,30,31);1,4,7,10,12,15,20H,5-6,8-9H2,2H3,(H,28,32)(H,26,27,31);1,4-5,8,12,14H,6-7,9-10H2,2H3,(H,24,30);1,10-11H,5-8H2,2-3H3,(H,19,22);8-9H,4-6H2,1-3H3/t11-,14-;12-,15-;12-,14-;10-,11-;8-,9-/m11111/s1. The summed E-state index contributed by atoms with van der Waals surface area (Å²) < 4.78 is 75.8. The smallest absolute Gasteiger partial charge is 0.382 e. The number of hydrogen-bond donors (Lipinski definition) is 7. The van der Waals surface area contributed by atoms with Crippen LogP contribution in [0.5, 0.6) is 0 Å². The fourth-order valence-corrected chi connectivity index (χ4v) is 21.5. The third kappa shape index (κ3) is 16.7. The number of carbonyl (C=O) groups excluding carboxylic acids is 15. The van der Waals surface area contributed by atoms with Gasteiger partial charge in [-0.15, -0.1) is 24.4 Å². The Morgan fingerprint density at radius 3 is 1.13 bits per heavy atom. The van der Waals surface area contributed by atoms with Gasteiger partial charge in [-0.1, -0.05) is 17.8 Å². The van der Waals surface area contributed by atoms with Crippen LogP contribution in [-0.4, -0.2) is 194 Å². The van der Waals surface area contributed by atoms with Gasteiger partial charge in [0.1, 0.15) is 67.7 Å². The van der Waals surface area contributed by atoms with Crippen LogP contribution in [0.4, 0.5) is 28.9 Å². The lowest BCUT2D eigenvalue weighted by Crippen LogP contribution is -2.40. The number of H-pyrrole nitrogens is 1. The number of pyridine rings is 3. The molecule has 5 aliphatic heterocycles. The zero-order chi connectivity index (χ0) is 102. The molecule has 0 spiro atoms. The Kier molecular flexibility index (Phi) is 23.5. The second-order valence-corrected chi connectivity index (χ2v) is 39.1. The van der Waals surface area contributed by atoms with Gasteiger partial charge in [0.15, 0.2) is 0 Å². The van der Waals surface area contributed by atoms with Crippen molar-refractivity contribution in [1.29, 1.82) is 0 Å². The first-order valence-corrected chi connectivity index (χ1v) is 47.2. The lowest BCUT2D eigenvalue weighted by Gasteiger charge is -2.14. The maximum absolute atomic E-state index is 13.3. The number of amides is 6. The van der Waals surface area contributed by atoms with Crippen molar-refractivity contribution in [3.63, 3.8) is 0 Å². The van der Waals surface area contributed by atoms with Crippen molar-refractivity contribution in [3.05, 3.63) is 191 Å². The predicted molar refractivity (Wildman–Crippen MR) is 494 cm³/mol. The third-order valence-corrected chi connectivity index (χ3v) is 29.9. The van der Waals surface area contributed by atoms with Gasteiger partial charge in [0, 0.05) is 88.6 Å². The first-order chi connectivity index (χ1) is 68.9. The summed E-state index contributed by atoms with van der Waals surface area (Å²) in [6.07, 6.45) is 29.5. The number of hydrogen-bond acceptors (Lipinski definition) is 26. The first-order valence-electron chi connectivity index (χ1n) is 47.2. The van der Waals surface area contributed by atoms with Crippen molar-refractivity contribution in [2.45, 2.75) is 222 Å². The van der Waals surface area contributed by atoms with E-state index in [0.717, 1.165) is 73.3 Å². The number of aromatic nitrogens is 14. The number of carbonyl (C=O) groups is 15. The number of Topliss-reactive ketones (excluding diaryl/α,β-unsaturated/α-hetero) is 5. The van der Waals surface area contributed by atoms with E-state index in [2.05, 4.69) is 90.3 Å². The molecular weight excluding hydrogens is 1870 g/mol. The maximum atomic E-state index is 13.3. The number of fused-ring (bicyclic) bond motifs is 16. The number of esters is 3. The van der Waals surface area contributed by atoms with Gasteiger partial charge in [0.05, 0.1) is 60.4 Å². The van der Waals surface area contributed by atoms with Crippen molar-refractivity contribution in [3.8, 4) is 37.0 Å². The molecule has 0 unspecified atom stereocenters. The van der Waals surface area contributed by atoms with Crippen LogP contribution in [0.3, 0.4) is 0 Å². The van der Waals surface area contributed by atoms with Crippen LogP contribution >= 0.6 is 0 Å². The quantitative estimate of drug-likeness (QED) is 0.00505. The van der Waals surface area contributed by atoms with Crippen LogP contribution in [0.25, 0.3) is 11.2 Å². The van der Waals surface area contributed by atoms with Gasteiger partial charge < -0.3 is 73.8 Å². The minimum Gasteiger partial charge on any atom is -0.464 e. The van der Waals surface area contributed by atoms with Crippen molar-refractivity contribution >= 4 is 111 Å². The number of ether oxygens (including phenoxy) is 3. The van der Waals surface area contributed by atoms with Crippen molar-refractivity contribution in [2.75, 3.05) is 31.5 Å². The van der Waals surface area contributed by atoms with Gasteiger partial charge in [-0.3, -0.25) is 62.7 Å². The van der Waals surface area contributed by atoms with E-state index >= 15 is 0 Å². The topological polar surface area (TPSA) is 501 Å².